The Hall–Kier alpha value is -2.08. The molecule has 3 nitrogen and oxygen atoms in total. The second-order valence-corrected chi connectivity index (χ2v) is 2.58. The Morgan fingerprint density at radius 1 is 1.23 bits per heavy atom. The van der Waals surface area contributed by atoms with Crippen LogP contribution in [0.1, 0.15) is 5.69 Å². The zero-order valence-corrected chi connectivity index (χ0v) is 6.88. The van der Waals surface area contributed by atoms with Crippen molar-refractivity contribution < 1.29 is 0 Å². The molecule has 0 fully saturated rings. The SMILES string of the molecule is N#Cc1cccn1-c1ccncc1. The van der Waals surface area contributed by atoms with E-state index in [1.54, 1.807) is 18.5 Å². The number of nitriles is 1. The van der Waals surface area contributed by atoms with Crippen LogP contribution in [-0.2, 0) is 0 Å². The first kappa shape index (κ1) is 7.56. The van der Waals surface area contributed by atoms with Gasteiger partial charge in [0.1, 0.15) is 11.8 Å². The number of pyridine rings is 1. The van der Waals surface area contributed by atoms with Crippen molar-refractivity contribution in [2.75, 3.05) is 0 Å². The lowest BCUT2D eigenvalue weighted by atomic mass is 10.4. The first-order valence-electron chi connectivity index (χ1n) is 3.89. The Morgan fingerprint density at radius 3 is 2.69 bits per heavy atom. The molecule has 0 aromatic carbocycles. The lowest BCUT2D eigenvalue weighted by Crippen LogP contribution is -1.94. The van der Waals surface area contributed by atoms with Crippen molar-refractivity contribution in [1.29, 1.82) is 5.26 Å². The van der Waals surface area contributed by atoms with Crippen LogP contribution in [-0.4, -0.2) is 9.55 Å². The lowest BCUT2D eigenvalue weighted by Gasteiger charge is -2.02. The van der Waals surface area contributed by atoms with Gasteiger partial charge in [0.15, 0.2) is 0 Å². The van der Waals surface area contributed by atoms with Gasteiger partial charge >= 0.3 is 0 Å². The van der Waals surface area contributed by atoms with Crippen LogP contribution in [0, 0.1) is 11.3 Å². The standard InChI is InChI=1S/C10H7N3/c11-8-10-2-1-7-13(10)9-3-5-12-6-4-9/h1-7H. The number of hydrogen-bond acceptors (Lipinski definition) is 2. The quantitative estimate of drug-likeness (QED) is 0.652. The van der Waals surface area contributed by atoms with Crippen molar-refractivity contribution in [2.24, 2.45) is 0 Å². The van der Waals surface area contributed by atoms with Gasteiger partial charge in [-0.15, -0.1) is 0 Å². The molecular weight excluding hydrogens is 162 g/mol. The molecule has 2 aromatic rings. The van der Waals surface area contributed by atoms with Crippen molar-refractivity contribution >= 4 is 0 Å². The van der Waals surface area contributed by atoms with Gasteiger partial charge in [0.05, 0.1) is 0 Å². The zero-order valence-electron chi connectivity index (χ0n) is 6.88. The summed E-state index contributed by atoms with van der Waals surface area (Å²) in [6.45, 7) is 0. The first-order valence-corrected chi connectivity index (χ1v) is 3.89. The molecule has 0 amide bonds. The molecule has 2 rings (SSSR count). The van der Waals surface area contributed by atoms with E-state index in [4.69, 9.17) is 5.26 Å². The van der Waals surface area contributed by atoms with Gasteiger partial charge in [-0.1, -0.05) is 0 Å². The molecule has 0 radical (unpaired) electrons. The molecule has 0 N–H and O–H groups in total. The van der Waals surface area contributed by atoms with Gasteiger partial charge in [-0.3, -0.25) is 4.98 Å². The fraction of sp³-hybridized carbons (Fsp3) is 0. The smallest absolute Gasteiger partial charge is 0.124 e. The molecule has 0 atom stereocenters. The summed E-state index contributed by atoms with van der Waals surface area (Å²) in [6.07, 6.45) is 5.26. The van der Waals surface area contributed by atoms with E-state index in [-0.39, 0.29) is 0 Å². The Bertz CT molecular complexity index is 437. The average molecular weight is 169 g/mol. The van der Waals surface area contributed by atoms with Gasteiger partial charge in [-0.05, 0) is 24.3 Å². The highest BCUT2D eigenvalue weighted by atomic mass is 15.0. The van der Waals surface area contributed by atoms with Crippen LogP contribution >= 0.6 is 0 Å². The average Bonchev–Trinajstić information content (AvgIpc) is 2.67. The third-order valence-corrected chi connectivity index (χ3v) is 1.80. The Morgan fingerprint density at radius 2 is 2.00 bits per heavy atom. The molecule has 2 aromatic heterocycles. The van der Waals surface area contributed by atoms with E-state index in [2.05, 4.69) is 11.1 Å². The van der Waals surface area contributed by atoms with Gasteiger partial charge in [-0.25, -0.2) is 0 Å². The van der Waals surface area contributed by atoms with Crippen molar-refractivity contribution in [2.45, 2.75) is 0 Å². The minimum atomic E-state index is 0.631. The van der Waals surface area contributed by atoms with Crippen molar-refractivity contribution in [1.82, 2.24) is 9.55 Å². The predicted molar refractivity (Wildman–Crippen MR) is 48.3 cm³/mol. The van der Waals surface area contributed by atoms with E-state index < -0.39 is 0 Å². The Balaban J connectivity index is 2.54. The monoisotopic (exact) mass is 169 g/mol. The molecule has 0 saturated carbocycles. The van der Waals surface area contributed by atoms with Crippen LogP contribution in [0.2, 0.25) is 0 Å². The Kier molecular flexibility index (Phi) is 1.81. The summed E-state index contributed by atoms with van der Waals surface area (Å²) in [7, 11) is 0. The van der Waals surface area contributed by atoms with E-state index in [0.29, 0.717) is 5.69 Å². The maximum atomic E-state index is 8.78. The van der Waals surface area contributed by atoms with Gasteiger partial charge < -0.3 is 4.57 Å². The molecule has 0 aliphatic carbocycles. The largest absolute Gasteiger partial charge is 0.308 e. The van der Waals surface area contributed by atoms with Gasteiger partial charge in [0.2, 0.25) is 0 Å². The fourth-order valence-electron chi connectivity index (χ4n) is 1.20. The highest BCUT2D eigenvalue weighted by Gasteiger charge is 1.99. The van der Waals surface area contributed by atoms with E-state index in [1.165, 1.54) is 0 Å². The molecule has 0 aliphatic rings. The minimum absolute atomic E-state index is 0.631. The second kappa shape index (κ2) is 3.11. The topological polar surface area (TPSA) is 41.6 Å². The summed E-state index contributed by atoms with van der Waals surface area (Å²) in [5, 5.41) is 8.78. The summed E-state index contributed by atoms with van der Waals surface area (Å²) in [5.74, 6) is 0. The van der Waals surface area contributed by atoms with Crippen LogP contribution in [0.25, 0.3) is 5.69 Å². The molecule has 0 saturated heterocycles. The molecule has 13 heavy (non-hydrogen) atoms. The van der Waals surface area contributed by atoms with Crippen LogP contribution in [0.15, 0.2) is 42.9 Å². The highest BCUT2D eigenvalue weighted by Crippen LogP contribution is 2.09. The van der Waals surface area contributed by atoms with E-state index >= 15 is 0 Å². The molecule has 0 aliphatic heterocycles. The molecule has 2 heterocycles. The third kappa shape index (κ3) is 1.30. The van der Waals surface area contributed by atoms with Crippen molar-refractivity contribution in [3.63, 3.8) is 0 Å². The van der Waals surface area contributed by atoms with E-state index in [1.807, 2.05) is 29.0 Å². The molecule has 0 spiro atoms. The van der Waals surface area contributed by atoms with Gasteiger partial charge in [0.25, 0.3) is 0 Å². The maximum Gasteiger partial charge on any atom is 0.124 e. The minimum Gasteiger partial charge on any atom is -0.308 e. The molecule has 3 heteroatoms. The first-order chi connectivity index (χ1) is 6.42. The number of hydrogen-bond donors (Lipinski definition) is 0. The maximum absolute atomic E-state index is 8.78. The van der Waals surface area contributed by atoms with E-state index in [0.717, 1.165) is 5.69 Å². The van der Waals surface area contributed by atoms with Crippen LogP contribution < -0.4 is 0 Å². The van der Waals surface area contributed by atoms with Crippen molar-refractivity contribution in [3.8, 4) is 11.8 Å². The summed E-state index contributed by atoms with van der Waals surface area (Å²) >= 11 is 0. The second-order valence-electron chi connectivity index (χ2n) is 2.58. The third-order valence-electron chi connectivity index (χ3n) is 1.80. The van der Waals surface area contributed by atoms with Crippen LogP contribution in [0.5, 0.6) is 0 Å². The summed E-state index contributed by atoms with van der Waals surface area (Å²) < 4.78 is 1.82. The molecule has 0 unspecified atom stereocenters. The number of nitrogens with zero attached hydrogens (tertiary/aromatic N) is 3. The zero-order chi connectivity index (χ0) is 9.10. The molecule has 62 valence electrons. The summed E-state index contributed by atoms with van der Waals surface area (Å²) in [4.78, 5) is 3.91. The predicted octanol–water partition coefficient (Wildman–Crippen LogP) is 1.74. The molecular formula is C10H7N3. The lowest BCUT2D eigenvalue weighted by molar-refractivity contribution is 1.04. The molecule has 0 bridgehead atoms. The van der Waals surface area contributed by atoms with E-state index in [9.17, 15) is 0 Å². The summed E-state index contributed by atoms with van der Waals surface area (Å²) in [6, 6.07) is 9.46. The normalized spacial score (nSPS) is 9.46. The number of rotatable bonds is 1. The van der Waals surface area contributed by atoms with Gasteiger partial charge in [-0.2, -0.15) is 5.26 Å². The summed E-state index contributed by atoms with van der Waals surface area (Å²) in [5.41, 5.74) is 1.59. The number of aromatic nitrogens is 2. The fourth-order valence-corrected chi connectivity index (χ4v) is 1.20. The van der Waals surface area contributed by atoms with Crippen LogP contribution in [0.3, 0.4) is 0 Å². The van der Waals surface area contributed by atoms with Crippen molar-refractivity contribution in [3.05, 3.63) is 48.5 Å². The van der Waals surface area contributed by atoms with Crippen LogP contribution in [0.4, 0.5) is 0 Å². The highest BCUT2D eigenvalue weighted by molar-refractivity contribution is 5.37. The Labute approximate surface area is 75.9 Å². The van der Waals surface area contributed by atoms with Gasteiger partial charge in [0, 0.05) is 24.3 Å².